The molecule has 0 bridgehead atoms. The zero-order valence-electron chi connectivity index (χ0n) is 51.3. The number of primary amides is 1. The fourth-order valence-electron chi connectivity index (χ4n) is 10.0. The molecule has 26 N–H and O–H groups in total. The Labute approximate surface area is 544 Å². The number of carbonyl (C=O) groups excluding carboxylic acids is 7. The molecule has 25 atom stereocenters. The number of carbonyl (C=O) groups is 7. The lowest BCUT2D eigenvalue weighted by Crippen LogP contribution is -2.65. The summed E-state index contributed by atoms with van der Waals surface area (Å²) in [5.41, 5.74) is 11.9. The van der Waals surface area contributed by atoms with Crippen LogP contribution in [0.1, 0.15) is 50.4 Å². The monoisotopic (exact) mass is 1430 g/mol. The van der Waals surface area contributed by atoms with Crippen molar-refractivity contribution in [3.05, 3.63) is 29.8 Å². The number of benzene rings is 1. The van der Waals surface area contributed by atoms with E-state index in [0.29, 0.717) is 0 Å². The molecule has 4 aliphatic rings. The number of nitrogens with two attached hydrogens (primary N) is 2. The lowest BCUT2D eigenvalue weighted by atomic mass is 9.97. The second-order valence-corrected chi connectivity index (χ2v) is 24.9. The predicted molar refractivity (Wildman–Crippen MR) is 309 cm³/mol. The van der Waals surface area contributed by atoms with Crippen molar-refractivity contribution in [2.45, 2.75) is 193 Å². The van der Waals surface area contributed by atoms with E-state index in [0.717, 1.165) is 20.8 Å². The van der Waals surface area contributed by atoms with Gasteiger partial charge >= 0.3 is 15.6 Å². The van der Waals surface area contributed by atoms with Gasteiger partial charge in [-0.15, -0.1) is 0 Å². The van der Waals surface area contributed by atoms with E-state index < -0.39 is 250 Å². The van der Waals surface area contributed by atoms with E-state index >= 15 is 0 Å². The van der Waals surface area contributed by atoms with Crippen LogP contribution in [0.4, 0.5) is 5.69 Å². The molecule has 548 valence electrons. The van der Waals surface area contributed by atoms with E-state index in [1.54, 1.807) is 12.1 Å². The molecule has 0 radical (unpaired) electrons. The third-order valence-electron chi connectivity index (χ3n) is 15.2. The molecule has 0 aromatic heterocycles. The van der Waals surface area contributed by atoms with Crippen LogP contribution in [0.25, 0.3) is 0 Å². The number of nitrogen functional groups attached to an aromatic ring is 1. The molecule has 43 nitrogen and oxygen atoms in total. The number of amides is 7. The van der Waals surface area contributed by atoms with Gasteiger partial charge in [0, 0.05) is 19.2 Å². The first-order chi connectivity index (χ1) is 44.9. The van der Waals surface area contributed by atoms with Crippen molar-refractivity contribution in [3.63, 3.8) is 0 Å². The number of anilines is 1. The van der Waals surface area contributed by atoms with Crippen LogP contribution >= 0.6 is 15.6 Å². The number of hydrogen-bond acceptors (Lipinski definition) is 32. The molecule has 5 rings (SSSR count). The Hall–Kier alpha value is -5.27. The topological polar surface area (TPSA) is 694 Å². The third-order valence-corrected chi connectivity index (χ3v) is 16.2. The number of ether oxygens (including phenoxy) is 8. The average Bonchev–Trinajstić information content (AvgIpc) is 0.813. The van der Waals surface area contributed by atoms with E-state index in [9.17, 15) is 104 Å². The quantitative estimate of drug-likeness (QED) is 0.0173. The molecule has 0 aliphatic carbocycles. The predicted octanol–water partition coefficient (Wildman–Crippen LogP) is -12.3. The van der Waals surface area contributed by atoms with Crippen LogP contribution < -0.4 is 43.4 Å². The van der Waals surface area contributed by atoms with Crippen molar-refractivity contribution in [1.29, 1.82) is 0 Å². The van der Waals surface area contributed by atoms with Crippen LogP contribution in [0.15, 0.2) is 24.3 Å². The van der Waals surface area contributed by atoms with Crippen LogP contribution in [0.3, 0.4) is 0 Å². The van der Waals surface area contributed by atoms with E-state index in [4.69, 9.17) is 68.9 Å². The second-order valence-electron chi connectivity index (χ2n) is 22.4. The van der Waals surface area contributed by atoms with Gasteiger partial charge in [-0.1, -0.05) is 12.1 Å². The molecule has 4 aliphatic heterocycles. The highest BCUT2D eigenvalue weighted by atomic mass is 31.2. The first-order valence-electron chi connectivity index (χ1n) is 29.4. The molecule has 1 aromatic rings. The third kappa shape index (κ3) is 23.2. The Morgan fingerprint density at radius 1 is 0.542 bits per heavy atom. The van der Waals surface area contributed by atoms with Crippen molar-refractivity contribution in [2.75, 3.05) is 51.8 Å². The molecular formula is C51H84N8O35P2. The Balaban J connectivity index is 1.27. The largest absolute Gasteiger partial charge is 0.469 e. The molecule has 1 aromatic carbocycles. The van der Waals surface area contributed by atoms with Gasteiger partial charge in [-0.3, -0.25) is 42.6 Å². The van der Waals surface area contributed by atoms with E-state index in [1.807, 2.05) is 0 Å². The van der Waals surface area contributed by atoms with Gasteiger partial charge in [-0.2, -0.15) is 0 Å². The summed E-state index contributed by atoms with van der Waals surface area (Å²) in [6, 6.07) is 0.891. The molecule has 0 unspecified atom stereocenters. The van der Waals surface area contributed by atoms with E-state index in [2.05, 4.69) is 40.9 Å². The molecule has 4 saturated heterocycles. The van der Waals surface area contributed by atoms with E-state index in [-0.39, 0.29) is 37.1 Å². The number of phosphoric ester groups is 2. The first-order valence-corrected chi connectivity index (χ1v) is 32.4. The number of phosphoric acid groups is 2. The molecule has 96 heavy (non-hydrogen) atoms. The van der Waals surface area contributed by atoms with Crippen molar-refractivity contribution in [1.82, 2.24) is 31.9 Å². The molecule has 45 heteroatoms. The minimum atomic E-state index is -5.20. The van der Waals surface area contributed by atoms with Gasteiger partial charge in [0.1, 0.15) is 116 Å². The smallest absolute Gasteiger partial charge is 0.398 e. The summed E-state index contributed by atoms with van der Waals surface area (Å²) in [4.78, 5) is 130. The summed E-state index contributed by atoms with van der Waals surface area (Å²) in [5, 5.41) is 141. The highest BCUT2D eigenvalue weighted by Crippen LogP contribution is 2.39. The summed E-state index contributed by atoms with van der Waals surface area (Å²) < 4.78 is 76.3. The minimum Gasteiger partial charge on any atom is -0.398 e. The molecule has 0 spiro atoms. The summed E-state index contributed by atoms with van der Waals surface area (Å²) in [7, 11) is -10.4. The maximum atomic E-state index is 13.9. The van der Waals surface area contributed by atoms with Gasteiger partial charge < -0.3 is 162 Å². The molecule has 4 heterocycles. The molecule has 0 saturated carbocycles. The van der Waals surface area contributed by atoms with Gasteiger partial charge in [-0.25, -0.2) is 9.13 Å². The second kappa shape index (κ2) is 36.7. The normalized spacial score (nSPS) is 32.7. The number of rotatable bonds is 34. The number of nitrogens with one attached hydrogen (secondary N) is 6. The van der Waals surface area contributed by atoms with Crippen LogP contribution in [-0.4, -0.2) is 321 Å². The maximum absolute atomic E-state index is 13.9. The number of unbranched alkanes of at least 4 members (excludes halogenated alkanes) is 1. The molecule has 4 fully saturated rings. The fraction of sp³-hybridized carbons (Fsp3) is 0.745. The van der Waals surface area contributed by atoms with Gasteiger partial charge in [0.05, 0.1) is 57.3 Å². The van der Waals surface area contributed by atoms with Crippen molar-refractivity contribution in [3.8, 4) is 0 Å². The van der Waals surface area contributed by atoms with Gasteiger partial charge in [0.2, 0.25) is 35.4 Å². The summed E-state index contributed by atoms with van der Waals surface area (Å²) >= 11 is 0. The zero-order chi connectivity index (χ0) is 71.8. The number of hydrogen-bond donors (Lipinski definition) is 24. The maximum Gasteiger partial charge on any atom is 0.469 e. The number of aliphatic hydroxyl groups excluding tert-OH is 12. The lowest BCUT2D eigenvalue weighted by molar-refractivity contribution is -0.371. The number of aliphatic hydroxyl groups is 12. The molecule has 7 amide bonds. The zero-order valence-corrected chi connectivity index (χ0v) is 53.1. The molecular weight excluding hydrogens is 1350 g/mol. The van der Waals surface area contributed by atoms with Crippen LogP contribution in [0.2, 0.25) is 0 Å². The van der Waals surface area contributed by atoms with Gasteiger partial charge in [0.25, 0.3) is 5.91 Å². The first kappa shape index (κ1) is 81.4. The summed E-state index contributed by atoms with van der Waals surface area (Å²) in [6.07, 6.45) is -43.5. The van der Waals surface area contributed by atoms with Crippen molar-refractivity contribution in [2.24, 2.45) is 5.73 Å². The van der Waals surface area contributed by atoms with Crippen molar-refractivity contribution >= 4 is 62.7 Å². The lowest BCUT2D eigenvalue weighted by Gasteiger charge is -2.46. The van der Waals surface area contributed by atoms with Crippen LogP contribution in [-0.2, 0) is 84.8 Å². The van der Waals surface area contributed by atoms with E-state index in [1.165, 1.54) is 12.1 Å². The standard InChI is InChI=1S/C51H84N8O35P2/c1-18(87-50-42(38(71)32(65)24(14-60)89-50)93-48-40(73)36(69)34(67)26(91-48)16-85-95(79,80)81)30(44(53)75)59-29(64)13-55-46(77)23(10-6-7-11-54-45(76)21-8-4-5-9-22(21)52)58-28(63)12-56-47(78)31(57-20(3)62)19(2)88-51-43(39(72)33(66)25(15-61)90-51)94-49-41(74)37(70)35(68)27(92-49)17-86-96(82,83)84/h4-5,8-9,18-19,23-27,30-43,48-51,60-61,65-74H,6-7,10-17,52H2,1-3H3,(H2,53,75)(H,54,76)(H,55,77)(H,56,78)(H,57,62)(H,58,63)(H,59,64)(H2,79,80,81)(H2,82,83,84)/t18-,19-,23+,24-,25-,26-,27-,30+,31+,32-,33-,34-,35-,36+,37+,38+,39+,40+,41+,42+,43+,48-,49-,50+,51+/m1/s1. The van der Waals surface area contributed by atoms with Crippen LogP contribution in [0.5, 0.6) is 0 Å². The number of para-hydroxylation sites is 1. The van der Waals surface area contributed by atoms with Crippen molar-refractivity contribution < 1.29 is 170 Å². The Morgan fingerprint density at radius 2 is 0.969 bits per heavy atom. The minimum absolute atomic E-state index is 0.00791. The Kier molecular flexibility index (Phi) is 31.1. The highest BCUT2D eigenvalue weighted by molar-refractivity contribution is 7.46. The SMILES string of the molecule is CC(=O)N[C@H](C(=O)NCC(=O)N[C@@H](CCCCNC(=O)c1ccccc1N)C(=O)NCC(=O)N[C@H](C(N)=O)[C@@H](C)O[C@H]1O[C@H](CO)[C@@H](O)[C@H](O)[C@@H]1O[C@H]1O[C@H](COP(=O)(O)O)[C@@H](O)[C@H](O)[C@@H]1O)[C@@H](C)O[C@H]1O[C@H](CO)[C@@H](O)[C@H](O)[C@@H]1O[C@H]1O[C@H](COP(=O)(O)O)[C@@H](O)[C@H](O)[C@@H]1O. The van der Waals surface area contributed by atoms with Gasteiger partial charge in [0.15, 0.2) is 25.2 Å². The Bertz CT molecular complexity index is 2850. The Morgan fingerprint density at radius 3 is 1.41 bits per heavy atom. The van der Waals surface area contributed by atoms with Crippen LogP contribution in [0, 0.1) is 0 Å². The summed E-state index contributed by atoms with van der Waals surface area (Å²) in [5.74, 6) is -7.22. The summed E-state index contributed by atoms with van der Waals surface area (Å²) in [6.45, 7) is -2.84. The fourth-order valence-corrected chi connectivity index (χ4v) is 10.7. The van der Waals surface area contributed by atoms with Gasteiger partial charge in [-0.05, 0) is 45.2 Å². The highest BCUT2D eigenvalue weighted by Gasteiger charge is 2.54. The average molecular weight is 1430 g/mol.